The second-order valence-corrected chi connectivity index (χ2v) is 13.3. The van der Waals surface area contributed by atoms with Crippen LogP contribution < -0.4 is 24.7 Å². The molecular formula is C41H50N4O12. The fourth-order valence-electron chi connectivity index (χ4n) is 6.42. The van der Waals surface area contributed by atoms with Crippen LogP contribution in [-0.2, 0) is 19.1 Å². The van der Waals surface area contributed by atoms with Crippen molar-refractivity contribution >= 4 is 35.1 Å². The molecule has 2 amide bonds. The maximum Gasteiger partial charge on any atom is 0.302 e. The molecular weight excluding hydrogens is 740 g/mol. The first-order valence-electron chi connectivity index (χ1n) is 18.5. The van der Waals surface area contributed by atoms with E-state index in [4.69, 9.17) is 34.2 Å². The Hall–Kier alpha value is -6.32. The molecule has 4 rings (SSSR count). The van der Waals surface area contributed by atoms with Gasteiger partial charge >= 0.3 is 11.9 Å². The molecule has 16 heteroatoms. The van der Waals surface area contributed by atoms with E-state index in [2.05, 4.69) is 0 Å². The number of rotatable bonds is 19. The highest BCUT2D eigenvalue weighted by molar-refractivity contribution is 6.01. The zero-order chi connectivity index (χ0) is 41.6. The van der Waals surface area contributed by atoms with Crippen molar-refractivity contribution in [3.05, 3.63) is 93.4 Å². The molecule has 0 bridgehead atoms. The summed E-state index contributed by atoms with van der Waals surface area (Å²) in [4.78, 5) is 64.7. The molecule has 57 heavy (non-hydrogen) atoms. The van der Waals surface area contributed by atoms with Gasteiger partial charge in [0.15, 0.2) is 23.0 Å². The molecule has 306 valence electrons. The van der Waals surface area contributed by atoms with Crippen molar-refractivity contribution < 1.29 is 52.5 Å². The number of nitro groups is 1. The lowest BCUT2D eigenvalue weighted by Gasteiger charge is -2.24. The predicted molar refractivity (Wildman–Crippen MR) is 210 cm³/mol. The van der Waals surface area contributed by atoms with Crippen molar-refractivity contribution in [1.29, 1.82) is 0 Å². The van der Waals surface area contributed by atoms with E-state index in [0.29, 0.717) is 50.2 Å². The number of amides is 2. The first-order valence-corrected chi connectivity index (χ1v) is 18.5. The summed E-state index contributed by atoms with van der Waals surface area (Å²) in [6.07, 6.45) is 13.5. The van der Waals surface area contributed by atoms with E-state index in [1.807, 2.05) is 38.2 Å². The van der Waals surface area contributed by atoms with Gasteiger partial charge in [-0.3, -0.25) is 29.3 Å². The van der Waals surface area contributed by atoms with Crippen LogP contribution in [0.2, 0.25) is 0 Å². The summed E-state index contributed by atoms with van der Waals surface area (Å²) in [5, 5.41) is 12.2. The Kier molecular flexibility index (Phi) is 15.7. The quantitative estimate of drug-likeness (QED) is 0.0547. The van der Waals surface area contributed by atoms with Gasteiger partial charge in [-0.25, -0.2) is 0 Å². The topological polar surface area (TPSA) is 199 Å². The Morgan fingerprint density at radius 2 is 1.19 bits per heavy atom. The largest absolute Gasteiger partial charge is 0.493 e. The van der Waals surface area contributed by atoms with E-state index >= 15 is 0 Å². The van der Waals surface area contributed by atoms with Crippen LogP contribution in [0, 0.1) is 10.1 Å². The summed E-state index contributed by atoms with van der Waals surface area (Å²) >= 11 is 0. The number of unbranched alkanes of at least 4 members (excludes halogenated alkanes) is 2. The van der Waals surface area contributed by atoms with Crippen LogP contribution in [0.3, 0.4) is 0 Å². The van der Waals surface area contributed by atoms with Crippen LogP contribution in [0.15, 0.2) is 72.1 Å². The third-order valence-corrected chi connectivity index (χ3v) is 9.11. The average molecular weight is 791 g/mol. The SMILES string of the molecule is C/C=C/C1=CN(C(=O)c2cc(OC)c(OCCCCCOc3cc([N+](=O)[O-])c(C(=O)N4C=C(/C=C/C)CC4COC(C)=O)cc3OC)cc2N)C(COC(C)=O)C1. The molecule has 2 atom stereocenters. The molecule has 0 saturated heterocycles. The van der Waals surface area contributed by atoms with Crippen LogP contribution in [-0.4, -0.2) is 91.2 Å². The fourth-order valence-corrected chi connectivity index (χ4v) is 6.42. The smallest absolute Gasteiger partial charge is 0.302 e. The predicted octanol–water partition coefficient (Wildman–Crippen LogP) is 6.30. The first-order chi connectivity index (χ1) is 27.3. The summed E-state index contributed by atoms with van der Waals surface area (Å²) in [7, 11) is 2.83. The molecule has 0 radical (unpaired) electrons. The fraction of sp³-hybridized carbons (Fsp3) is 0.415. The minimum Gasteiger partial charge on any atom is -0.493 e. The lowest BCUT2D eigenvalue weighted by molar-refractivity contribution is -0.385. The third-order valence-electron chi connectivity index (χ3n) is 9.11. The third kappa shape index (κ3) is 11.4. The van der Waals surface area contributed by atoms with Crippen LogP contribution in [0.5, 0.6) is 23.0 Å². The lowest BCUT2D eigenvalue weighted by atomic mass is 10.1. The number of ether oxygens (including phenoxy) is 6. The second kappa shape index (κ2) is 20.6. The number of allylic oxidation sites excluding steroid dienone is 4. The Morgan fingerprint density at radius 1 is 0.737 bits per heavy atom. The van der Waals surface area contributed by atoms with Gasteiger partial charge in [0.25, 0.3) is 17.5 Å². The van der Waals surface area contributed by atoms with Crippen molar-refractivity contribution in [1.82, 2.24) is 9.80 Å². The van der Waals surface area contributed by atoms with E-state index < -0.39 is 34.5 Å². The van der Waals surface area contributed by atoms with Crippen molar-refractivity contribution in [2.75, 3.05) is 46.4 Å². The Bertz CT molecular complexity index is 1950. The number of nitrogens with zero attached hydrogens (tertiary/aromatic N) is 3. The van der Waals surface area contributed by atoms with E-state index in [0.717, 1.165) is 11.1 Å². The Balaban J connectivity index is 1.36. The van der Waals surface area contributed by atoms with Crippen molar-refractivity contribution in [3.63, 3.8) is 0 Å². The molecule has 0 spiro atoms. The standard InChI is InChI=1S/C41H50N4O12/c1-7-12-28-16-30(24-56-26(3)46)43(22-28)40(48)32-18-36(52-5)38(20-34(32)42)54-14-10-9-11-15-55-39-21-35(45(50)51)33(19-37(39)53-6)41(49)44-23-29(13-8-2)17-31(44)25-57-27(4)47/h7-8,12-13,18-23,30-31H,9-11,14-17,24-25,42H2,1-6H3/b12-7+,13-8+. The number of esters is 2. The highest BCUT2D eigenvalue weighted by Crippen LogP contribution is 2.38. The molecule has 0 fully saturated rings. The molecule has 16 nitrogen and oxygen atoms in total. The lowest BCUT2D eigenvalue weighted by Crippen LogP contribution is -2.37. The van der Waals surface area contributed by atoms with Gasteiger partial charge in [-0.05, 0) is 63.2 Å². The number of methoxy groups -OCH3 is 2. The Morgan fingerprint density at radius 3 is 1.63 bits per heavy atom. The molecule has 2 heterocycles. The number of nitrogens with two attached hydrogens (primary N) is 1. The van der Waals surface area contributed by atoms with E-state index in [1.165, 1.54) is 62.1 Å². The van der Waals surface area contributed by atoms with Crippen molar-refractivity contribution in [2.45, 2.75) is 71.9 Å². The summed E-state index contributed by atoms with van der Waals surface area (Å²) < 4.78 is 33.2. The van der Waals surface area contributed by atoms with Crippen LogP contribution >= 0.6 is 0 Å². The number of benzene rings is 2. The normalized spacial score (nSPS) is 16.4. The van der Waals surface area contributed by atoms with Gasteiger partial charge in [0.05, 0.1) is 56.1 Å². The van der Waals surface area contributed by atoms with E-state index in [1.54, 1.807) is 12.4 Å². The van der Waals surface area contributed by atoms with E-state index in [-0.39, 0.29) is 60.1 Å². The summed E-state index contributed by atoms with van der Waals surface area (Å²) in [6, 6.07) is 4.61. The highest BCUT2D eigenvalue weighted by Gasteiger charge is 2.35. The minimum absolute atomic E-state index is 0.0410. The van der Waals surface area contributed by atoms with Gasteiger partial charge in [0, 0.05) is 44.1 Å². The first kappa shape index (κ1) is 43.4. The molecule has 2 aromatic rings. The molecule has 0 saturated carbocycles. The molecule has 0 aromatic heterocycles. The number of carbonyl (C=O) groups is 4. The molecule has 2 aromatic carbocycles. The van der Waals surface area contributed by atoms with Gasteiger partial charge in [0.2, 0.25) is 0 Å². The van der Waals surface area contributed by atoms with Gasteiger partial charge in [-0.2, -0.15) is 0 Å². The molecule has 0 aliphatic carbocycles. The van der Waals surface area contributed by atoms with Crippen LogP contribution in [0.25, 0.3) is 0 Å². The van der Waals surface area contributed by atoms with Gasteiger partial charge in [-0.15, -0.1) is 0 Å². The van der Waals surface area contributed by atoms with Gasteiger partial charge in [-0.1, -0.05) is 24.3 Å². The summed E-state index contributed by atoms with van der Waals surface area (Å²) in [5.41, 5.74) is 7.80. The Labute approximate surface area is 331 Å². The summed E-state index contributed by atoms with van der Waals surface area (Å²) in [6.45, 7) is 6.75. The second-order valence-electron chi connectivity index (χ2n) is 13.3. The minimum atomic E-state index is -0.652. The average Bonchev–Trinajstić information content (AvgIpc) is 3.78. The summed E-state index contributed by atoms with van der Waals surface area (Å²) in [5.74, 6) is -1.03. The van der Waals surface area contributed by atoms with Gasteiger partial charge in [0.1, 0.15) is 18.8 Å². The number of carbonyl (C=O) groups excluding carboxylic acids is 4. The molecule has 2 unspecified atom stereocenters. The maximum atomic E-state index is 13.7. The monoisotopic (exact) mass is 790 g/mol. The highest BCUT2D eigenvalue weighted by atomic mass is 16.6. The number of hydrogen-bond donors (Lipinski definition) is 1. The zero-order valence-electron chi connectivity index (χ0n) is 33.1. The van der Waals surface area contributed by atoms with Crippen LogP contribution in [0.4, 0.5) is 11.4 Å². The maximum absolute atomic E-state index is 13.7. The number of anilines is 1. The zero-order valence-corrected chi connectivity index (χ0v) is 33.1. The van der Waals surface area contributed by atoms with E-state index in [9.17, 15) is 29.3 Å². The number of hydrogen-bond acceptors (Lipinski definition) is 13. The number of nitro benzene ring substituents is 1. The molecule has 2 aliphatic heterocycles. The van der Waals surface area contributed by atoms with Crippen LogP contribution in [0.1, 0.15) is 80.5 Å². The molecule has 2 N–H and O–H groups in total. The van der Waals surface area contributed by atoms with Crippen molar-refractivity contribution in [2.24, 2.45) is 0 Å². The molecule has 2 aliphatic rings. The van der Waals surface area contributed by atoms with Crippen molar-refractivity contribution in [3.8, 4) is 23.0 Å². The van der Waals surface area contributed by atoms with Gasteiger partial charge < -0.3 is 44.0 Å². The number of nitrogen functional groups attached to an aromatic ring is 1.